The van der Waals surface area contributed by atoms with Crippen molar-refractivity contribution in [1.29, 1.82) is 0 Å². The maximum absolute atomic E-state index is 10.8. The van der Waals surface area contributed by atoms with E-state index in [-0.39, 0.29) is 5.91 Å². The Morgan fingerprint density at radius 2 is 2.07 bits per heavy atom. The minimum atomic E-state index is -0.385. The molecule has 3 N–H and O–H groups in total. The average Bonchev–Trinajstić information content (AvgIpc) is 2.25. The van der Waals surface area contributed by atoms with Crippen LogP contribution < -0.4 is 11.1 Å². The molecule has 0 spiro atoms. The van der Waals surface area contributed by atoms with Gasteiger partial charge < -0.3 is 11.1 Å². The molecule has 0 saturated heterocycles. The number of primary amides is 1. The van der Waals surface area contributed by atoms with Crippen molar-refractivity contribution in [3.05, 3.63) is 29.8 Å². The summed E-state index contributed by atoms with van der Waals surface area (Å²) < 4.78 is 0. The van der Waals surface area contributed by atoms with E-state index in [1.54, 1.807) is 12.1 Å². The Morgan fingerprint density at radius 1 is 1.40 bits per heavy atom. The highest BCUT2D eigenvalue weighted by atomic mass is 32.2. The molecule has 1 rings (SSSR count). The maximum atomic E-state index is 10.8. The molecule has 0 radical (unpaired) electrons. The highest BCUT2D eigenvalue weighted by Crippen LogP contribution is 2.09. The lowest BCUT2D eigenvalue weighted by Crippen LogP contribution is -2.10. The van der Waals surface area contributed by atoms with E-state index in [4.69, 9.17) is 5.73 Å². The van der Waals surface area contributed by atoms with Crippen LogP contribution in [0.5, 0.6) is 0 Å². The molecule has 1 aromatic rings. The molecule has 0 heterocycles. The molecule has 0 aliphatic carbocycles. The number of rotatable bonds is 6. The standard InChI is InChI=1S/C11H16N2OS/c1-15-8-2-7-13-10-5-3-9(4-6-10)11(12)14/h3-6,13H,2,7-8H2,1H3,(H2,12,14). The van der Waals surface area contributed by atoms with Gasteiger partial charge in [-0.1, -0.05) is 0 Å². The number of benzene rings is 1. The van der Waals surface area contributed by atoms with E-state index in [1.165, 1.54) is 0 Å². The van der Waals surface area contributed by atoms with Crippen molar-refractivity contribution < 1.29 is 4.79 Å². The van der Waals surface area contributed by atoms with Gasteiger partial charge in [0.1, 0.15) is 0 Å². The van der Waals surface area contributed by atoms with Crippen molar-refractivity contribution in [1.82, 2.24) is 0 Å². The number of carbonyl (C=O) groups is 1. The van der Waals surface area contributed by atoms with Crippen LogP contribution in [0.25, 0.3) is 0 Å². The van der Waals surface area contributed by atoms with Gasteiger partial charge in [-0.05, 0) is 42.7 Å². The van der Waals surface area contributed by atoms with Crippen LogP contribution in [0.4, 0.5) is 5.69 Å². The lowest BCUT2D eigenvalue weighted by molar-refractivity contribution is 0.100. The second-order valence-corrected chi connectivity index (χ2v) is 4.20. The van der Waals surface area contributed by atoms with Gasteiger partial charge in [-0.2, -0.15) is 11.8 Å². The van der Waals surface area contributed by atoms with Crippen molar-refractivity contribution in [2.75, 3.05) is 23.9 Å². The third-order valence-electron chi connectivity index (χ3n) is 2.02. The zero-order chi connectivity index (χ0) is 11.1. The topological polar surface area (TPSA) is 55.1 Å². The molecule has 0 bridgehead atoms. The molecule has 82 valence electrons. The third kappa shape index (κ3) is 4.25. The molecule has 0 aliphatic heterocycles. The summed E-state index contributed by atoms with van der Waals surface area (Å²) in [6.45, 7) is 0.955. The Bertz CT molecular complexity index is 311. The number of nitrogens with two attached hydrogens (primary N) is 1. The van der Waals surface area contributed by atoms with Crippen LogP contribution >= 0.6 is 11.8 Å². The molecule has 0 aromatic heterocycles. The van der Waals surface area contributed by atoms with Crippen LogP contribution in [0.1, 0.15) is 16.8 Å². The number of thioether (sulfide) groups is 1. The van der Waals surface area contributed by atoms with Crippen LogP contribution in [0.15, 0.2) is 24.3 Å². The third-order valence-corrected chi connectivity index (χ3v) is 2.72. The van der Waals surface area contributed by atoms with Crippen molar-refractivity contribution in [3.8, 4) is 0 Å². The van der Waals surface area contributed by atoms with Gasteiger partial charge in [0.15, 0.2) is 0 Å². The number of amides is 1. The van der Waals surface area contributed by atoms with E-state index < -0.39 is 0 Å². The van der Waals surface area contributed by atoms with Crippen molar-refractivity contribution >= 4 is 23.4 Å². The molecular formula is C11H16N2OS. The fourth-order valence-electron chi connectivity index (χ4n) is 1.20. The summed E-state index contributed by atoms with van der Waals surface area (Å²) >= 11 is 1.84. The normalized spacial score (nSPS) is 9.93. The molecule has 0 atom stereocenters. The molecule has 3 nitrogen and oxygen atoms in total. The fraction of sp³-hybridized carbons (Fsp3) is 0.364. The molecule has 4 heteroatoms. The molecule has 0 saturated carbocycles. The highest BCUT2D eigenvalue weighted by Gasteiger charge is 1.98. The summed E-state index contributed by atoms with van der Waals surface area (Å²) in [6.07, 6.45) is 3.24. The monoisotopic (exact) mass is 224 g/mol. The molecule has 1 amide bonds. The lowest BCUT2D eigenvalue weighted by Gasteiger charge is -2.05. The first-order chi connectivity index (χ1) is 7.24. The van der Waals surface area contributed by atoms with Crippen LogP contribution in [0.3, 0.4) is 0 Å². The van der Waals surface area contributed by atoms with Gasteiger partial charge >= 0.3 is 0 Å². The lowest BCUT2D eigenvalue weighted by atomic mass is 10.2. The highest BCUT2D eigenvalue weighted by molar-refractivity contribution is 7.98. The molecular weight excluding hydrogens is 208 g/mol. The Kier molecular flexibility index (Phi) is 5.04. The van der Waals surface area contributed by atoms with E-state index in [9.17, 15) is 4.79 Å². The minimum absolute atomic E-state index is 0.385. The van der Waals surface area contributed by atoms with Crippen LogP contribution in [0, 0.1) is 0 Å². The Labute approximate surface area is 94.4 Å². The molecule has 0 aliphatic rings. The van der Waals surface area contributed by atoms with Crippen molar-refractivity contribution in [2.24, 2.45) is 5.73 Å². The largest absolute Gasteiger partial charge is 0.385 e. The first-order valence-corrected chi connectivity index (χ1v) is 6.26. The fourth-order valence-corrected chi connectivity index (χ4v) is 1.63. The van der Waals surface area contributed by atoms with Crippen LogP contribution in [-0.4, -0.2) is 24.5 Å². The van der Waals surface area contributed by atoms with E-state index in [0.717, 1.165) is 24.4 Å². The van der Waals surface area contributed by atoms with Gasteiger partial charge in [-0.3, -0.25) is 4.79 Å². The quantitative estimate of drug-likeness (QED) is 0.726. The van der Waals surface area contributed by atoms with Gasteiger partial charge in [0.05, 0.1) is 0 Å². The molecule has 1 aromatic carbocycles. The van der Waals surface area contributed by atoms with Gasteiger partial charge in [0.2, 0.25) is 5.91 Å². The van der Waals surface area contributed by atoms with Gasteiger partial charge in [-0.25, -0.2) is 0 Å². The van der Waals surface area contributed by atoms with E-state index in [0.29, 0.717) is 5.56 Å². The Hall–Kier alpha value is -1.16. The number of anilines is 1. The number of nitrogens with one attached hydrogen (secondary N) is 1. The summed E-state index contributed by atoms with van der Waals surface area (Å²) in [4.78, 5) is 10.8. The second kappa shape index (κ2) is 6.35. The van der Waals surface area contributed by atoms with Gasteiger partial charge in [0.25, 0.3) is 0 Å². The Balaban J connectivity index is 2.39. The minimum Gasteiger partial charge on any atom is -0.385 e. The number of carbonyl (C=O) groups excluding carboxylic acids is 1. The summed E-state index contributed by atoms with van der Waals surface area (Å²) in [6, 6.07) is 7.22. The predicted octanol–water partition coefficient (Wildman–Crippen LogP) is 1.95. The zero-order valence-electron chi connectivity index (χ0n) is 8.82. The van der Waals surface area contributed by atoms with Crippen molar-refractivity contribution in [3.63, 3.8) is 0 Å². The van der Waals surface area contributed by atoms with Gasteiger partial charge in [0, 0.05) is 17.8 Å². The summed E-state index contributed by atoms with van der Waals surface area (Å²) in [5, 5.41) is 3.28. The first-order valence-electron chi connectivity index (χ1n) is 4.86. The molecule has 15 heavy (non-hydrogen) atoms. The predicted molar refractivity (Wildman–Crippen MR) is 66.4 cm³/mol. The molecule has 0 unspecified atom stereocenters. The van der Waals surface area contributed by atoms with E-state index >= 15 is 0 Å². The maximum Gasteiger partial charge on any atom is 0.248 e. The van der Waals surface area contributed by atoms with E-state index in [1.807, 2.05) is 23.9 Å². The summed E-state index contributed by atoms with van der Waals surface area (Å²) in [5.74, 6) is 0.774. The first kappa shape index (κ1) is 11.9. The van der Waals surface area contributed by atoms with Crippen LogP contribution in [0.2, 0.25) is 0 Å². The number of hydrogen-bond acceptors (Lipinski definition) is 3. The van der Waals surface area contributed by atoms with Gasteiger partial charge in [-0.15, -0.1) is 0 Å². The Morgan fingerprint density at radius 3 is 2.60 bits per heavy atom. The molecule has 0 fully saturated rings. The number of hydrogen-bond donors (Lipinski definition) is 2. The smallest absolute Gasteiger partial charge is 0.248 e. The summed E-state index contributed by atoms with van der Waals surface area (Å²) in [7, 11) is 0. The summed E-state index contributed by atoms with van der Waals surface area (Å²) in [5.41, 5.74) is 6.72. The SMILES string of the molecule is CSCCCNc1ccc(C(N)=O)cc1. The second-order valence-electron chi connectivity index (χ2n) is 3.21. The average molecular weight is 224 g/mol. The van der Waals surface area contributed by atoms with Crippen LogP contribution in [-0.2, 0) is 0 Å². The van der Waals surface area contributed by atoms with Crippen molar-refractivity contribution in [2.45, 2.75) is 6.42 Å². The van der Waals surface area contributed by atoms with E-state index in [2.05, 4.69) is 11.6 Å². The zero-order valence-corrected chi connectivity index (χ0v) is 9.64.